The molecule has 2 aliphatic rings. The fourth-order valence-corrected chi connectivity index (χ4v) is 6.24. The van der Waals surface area contributed by atoms with Gasteiger partial charge < -0.3 is 19.7 Å². The maximum absolute atomic E-state index is 14.3. The number of ether oxygens (including phenoxy) is 2. The number of carbonyl (C=O) groups is 1. The van der Waals surface area contributed by atoms with E-state index in [1.165, 1.54) is 51.4 Å². The van der Waals surface area contributed by atoms with Crippen LogP contribution in [-0.2, 0) is 14.3 Å². The molecule has 1 atom stereocenters. The van der Waals surface area contributed by atoms with Gasteiger partial charge in [-0.3, -0.25) is 4.79 Å². The smallest absolute Gasteiger partial charge is 0.254 e. The zero-order valence-corrected chi connectivity index (χ0v) is 22.8. The number of nitrogens with one attached hydrogen (secondary N) is 1. The molecule has 33 heavy (non-hydrogen) atoms. The molecule has 194 valence electrons. The Morgan fingerprint density at radius 1 is 0.909 bits per heavy atom. The Kier molecular flexibility index (Phi) is 11.6. The number of rotatable bonds is 5. The molecule has 1 amide bonds. The van der Waals surface area contributed by atoms with Crippen molar-refractivity contribution in [3.63, 3.8) is 0 Å². The quantitative estimate of drug-likeness (QED) is 0.532. The molecule has 0 aliphatic carbocycles. The summed E-state index contributed by atoms with van der Waals surface area (Å²) in [5.74, 6) is 0.669. The number of methoxy groups -OCH3 is 1. The summed E-state index contributed by atoms with van der Waals surface area (Å²) in [5, 5.41) is 3.76. The van der Waals surface area contributed by atoms with Gasteiger partial charge in [-0.25, -0.2) is 0 Å². The van der Waals surface area contributed by atoms with Gasteiger partial charge in [0.1, 0.15) is 5.60 Å². The Morgan fingerprint density at radius 2 is 1.42 bits per heavy atom. The summed E-state index contributed by atoms with van der Waals surface area (Å²) in [6.45, 7) is 14.2. The lowest BCUT2D eigenvalue weighted by Crippen LogP contribution is -2.68. The van der Waals surface area contributed by atoms with E-state index in [0.717, 1.165) is 51.8 Å². The van der Waals surface area contributed by atoms with Gasteiger partial charge in [-0.1, -0.05) is 58.3 Å². The Balaban J connectivity index is 2.25. The highest BCUT2D eigenvalue weighted by molar-refractivity contribution is 5.86. The first-order chi connectivity index (χ1) is 15.6. The Morgan fingerprint density at radius 3 is 1.97 bits per heavy atom. The summed E-state index contributed by atoms with van der Waals surface area (Å²) >= 11 is 0. The number of amides is 1. The molecule has 5 nitrogen and oxygen atoms in total. The lowest BCUT2D eigenvalue weighted by molar-refractivity contribution is -0.173. The first-order valence-electron chi connectivity index (χ1n) is 13.8. The lowest BCUT2D eigenvalue weighted by atomic mass is 9.72. The van der Waals surface area contributed by atoms with Gasteiger partial charge in [0.25, 0.3) is 5.91 Å². The highest BCUT2D eigenvalue weighted by Crippen LogP contribution is 2.40. The summed E-state index contributed by atoms with van der Waals surface area (Å²) in [6, 6.07) is 0. The maximum Gasteiger partial charge on any atom is 0.254 e. The van der Waals surface area contributed by atoms with E-state index in [4.69, 9.17) is 9.47 Å². The second-order valence-electron chi connectivity index (χ2n) is 12.3. The third kappa shape index (κ3) is 9.85. The van der Waals surface area contributed by atoms with Gasteiger partial charge in [0, 0.05) is 57.3 Å². The molecule has 2 rings (SSSR count). The first kappa shape index (κ1) is 28.6. The predicted molar refractivity (Wildman–Crippen MR) is 138 cm³/mol. The standard InChI is InChI=1S/C28H54N2O3/c1-24(21-32-6)17-19-30-18-15-13-11-9-7-8-10-12-14-16-20-33-28(25(30)31)22-26(2,3)29-27(4,5)23-28/h24,29H,7-23H2,1-6H3. The lowest BCUT2D eigenvalue weighted by Gasteiger charge is -2.52. The van der Waals surface area contributed by atoms with Gasteiger partial charge in [-0.15, -0.1) is 0 Å². The van der Waals surface area contributed by atoms with Crippen LogP contribution in [0, 0.1) is 5.92 Å². The third-order valence-corrected chi connectivity index (χ3v) is 7.35. The molecule has 0 radical (unpaired) electrons. The first-order valence-corrected chi connectivity index (χ1v) is 13.8. The topological polar surface area (TPSA) is 50.8 Å². The SMILES string of the molecule is COCC(C)CCN1CCCCCCCCCCCCOC2(CC(C)(C)NC(C)(C)C2)C1=O. The molecular formula is C28H54N2O3. The molecule has 5 heteroatoms. The molecule has 1 N–H and O–H groups in total. The van der Waals surface area contributed by atoms with E-state index in [1.807, 2.05) is 0 Å². The highest BCUT2D eigenvalue weighted by Gasteiger charge is 2.53. The van der Waals surface area contributed by atoms with Crippen LogP contribution < -0.4 is 5.32 Å². The molecule has 0 saturated carbocycles. The molecule has 1 unspecified atom stereocenters. The number of carbonyl (C=O) groups excluding carboxylic acids is 1. The van der Waals surface area contributed by atoms with Crippen LogP contribution in [0.25, 0.3) is 0 Å². The molecule has 0 aromatic heterocycles. The van der Waals surface area contributed by atoms with Crippen molar-refractivity contribution in [2.75, 3.05) is 33.4 Å². The average Bonchev–Trinajstić information content (AvgIpc) is 2.70. The van der Waals surface area contributed by atoms with E-state index in [2.05, 4.69) is 44.8 Å². The average molecular weight is 467 g/mol. The van der Waals surface area contributed by atoms with Crippen molar-refractivity contribution in [3.8, 4) is 0 Å². The molecular weight excluding hydrogens is 412 g/mol. The Bertz CT molecular complexity index is 559. The molecule has 1 spiro atoms. The van der Waals surface area contributed by atoms with Gasteiger partial charge in [0.15, 0.2) is 0 Å². The largest absolute Gasteiger partial charge is 0.384 e. The Hall–Kier alpha value is -0.650. The number of piperidine rings is 1. The van der Waals surface area contributed by atoms with E-state index >= 15 is 0 Å². The highest BCUT2D eigenvalue weighted by atomic mass is 16.5. The van der Waals surface area contributed by atoms with Crippen molar-refractivity contribution in [2.24, 2.45) is 5.92 Å². The molecule has 0 bridgehead atoms. The minimum Gasteiger partial charge on any atom is -0.384 e. The second-order valence-corrected chi connectivity index (χ2v) is 12.3. The molecule has 2 heterocycles. The van der Waals surface area contributed by atoms with Crippen molar-refractivity contribution in [2.45, 2.75) is 135 Å². The number of hydrogen-bond acceptors (Lipinski definition) is 4. The zero-order chi connectivity index (χ0) is 24.4. The van der Waals surface area contributed by atoms with Crippen LogP contribution in [0.5, 0.6) is 0 Å². The van der Waals surface area contributed by atoms with Crippen LogP contribution >= 0.6 is 0 Å². The van der Waals surface area contributed by atoms with Crippen molar-refractivity contribution in [1.29, 1.82) is 0 Å². The van der Waals surface area contributed by atoms with E-state index in [9.17, 15) is 4.79 Å². The van der Waals surface area contributed by atoms with Gasteiger partial charge in [-0.05, 0) is 52.9 Å². The molecule has 2 fully saturated rings. The van der Waals surface area contributed by atoms with Crippen LogP contribution in [0.15, 0.2) is 0 Å². The second kappa shape index (κ2) is 13.4. The minimum atomic E-state index is -0.736. The summed E-state index contributed by atoms with van der Waals surface area (Å²) in [7, 11) is 1.76. The number of hydrogen-bond donors (Lipinski definition) is 1. The maximum atomic E-state index is 14.3. The minimum absolute atomic E-state index is 0.146. The summed E-state index contributed by atoms with van der Waals surface area (Å²) in [4.78, 5) is 16.5. The van der Waals surface area contributed by atoms with E-state index < -0.39 is 5.60 Å². The molecule has 2 saturated heterocycles. The van der Waals surface area contributed by atoms with E-state index in [0.29, 0.717) is 12.5 Å². The predicted octanol–water partition coefficient (Wildman–Crippen LogP) is 6.10. The Labute approximate surface area is 204 Å². The molecule has 2 aliphatic heterocycles. The zero-order valence-electron chi connectivity index (χ0n) is 22.8. The van der Waals surface area contributed by atoms with Crippen LogP contribution in [-0.4, -0.2) is 60.9 Å². The van der Waals surface area contributed by atoms with Crippen LogP contribution in [0.2, 0.25) is 0 Å². The van der Waals surface area contributed by atoms with Crippen molar-refractivity contribution < 1.29 is 14.3 Å². The van der Waals surface area contributed by atoms with Gasteiger partial charge in [-0.2, -0.15) is 0 Å². The summed E-state index contributed by atoms with van der Waals surface area (Å²) < 4.78 is 12.0. The fourth-order valence-electron chi connectivity index (χ4n) is 6.24. The monoisotopic (exact) mass is 466 g/mol. The van der Waals surface area contributed by atoms with Gasteiger partial charge in [0.05, 0.1) is 0 Å². The van der Waals surface area contributed by atoms with Crippen molar-refractivity contribution in [3.05, 3.63) is 0 Å². The van der Waals surface area contributed by atoms with Crippen molar-refractivity contribution >= 4 is 5.91 Å². The fraction of sp³-hybridized carbons (Fsp3) is 0.964. The van der Waals surface area contributed by atoms with Crippen molar-refractivity contribution in [1.82, 2.24) is 10.2 Å². The van der Waals surface area contributed by atoms with Gasteiger partial charge in [0.2, 0.25) is 0 Å². The molecule has 0 aromatic carbocycles. The van der Waals surface area contributed by atoms with E-state index in [-0.39, 0.29) is 17.0 Å². The third-order valence-electron chi connectivity index (χ3n) is 7.35. The number of nitrogens with zero attached hydrogens (tertiary/aromatic N) is 1. The molecule has 0 aromatic rings. The summed E-state index contributed by atoms with van der Waals surface area (Å²) in [5.41, 5.74) is -1.03. The van der Waals surface area contributed by atoms with Crippen LogP contribution in [0.1, 0.15) is 118 Å². The van der Waals surface area contributed by atoms with Crippen LogP contribution in [0.4, 0.5) is 0 Å². The normalized spacial score (nSPS) is 26.2. The van der Waals surface area contributed by atoms with E-state index in [1.54, 1.807) is 7.11 Å². The van der Waals surface area contributed by atoms with Gasteiger partial charge >= 0.3 is 0 Å². The van der Waals surface area contributed by atoms with Crippen LogP contribution in [0.3, 0.4) is 0 Å². The summed E-state index contributed by atoms with van der Waals surface area (Å²) in [6.07, 6.45) is 14.9.